The van der Waals surface area contributed by atoms with Crippen molar-refractivity contribution in [1.82, 2.24) is 9.80 Å². The Labute approximate surface area is 122 Å². The van der Waals surface area contributed by atoms with Crippen LogP contribution in [0.1, 0.15) is 46.5 Å². The molecule has 1 atom stereocenters. The van der Waals surface area contributed by atoms with E-state index in [1.165, 1.54) is 0 Å². The predicted octanol–water partition coefficient (Wildman–Crippen LogP) is 1.22. The van der Waals surface area contributed by atoms with Crippen molar-refractivity contribution in [3.8, 4) is 0 Å². The topological polar surface area (TPSA) is 66.6 Å². The van der Waals surface area contributed by atoms with Crippen LogP contribution in [-0.2, 0) is 9.59 Å². The number of nitrogens with two attached hydrogens (primary N) is 1. The lowest BCUT2D eigenvalue weighted by atomic mass is 9.94. The van der Waals surface area contributed by atoms with E-state index in [1.807, 2.05) is 13.8 Å². The van der Waals surface area contributed by atoms with Gasteiger partial charge in [0.1, 0.15) is 5.54 Å². The molecule has 20 heavy (non-hydrogen) atoms. The molecule has 5 nitrogen and oxygen atoms in total. The largest absolute Gasteiger partial charge is 0.342 e. The van der Waals surface area contributed by atoms with Crippen LogP contribution in [0.4, 0.5) is 0 Å². The van der Waals surface area contributed by atoms with Gasteiger partial charge in [-0.15, -0.1) is 0 Å². The second-order valence-electron chi connectivity index (χ2n) is 6.22. The van der Waals surface area contributed by atoms with Gasteiger partial charge in [-0.05, 0) is 39.2 Å². The zero-order valence-corrected chi connectivity index (χ0v) is 13.3. The van der Waals surface area contributed by atoms with Crippen molar-refractivity contribution >= 4 is 11.8 Å². The van der Waals surface area contributed by atoms with E-state index in [-0.39, 0.29) is 11.8 Å². The Balaban J connectivity index is 2.61. The highest BCUT2D eigenvalue weighted by Crippen LogP contribution is 2.24. The molecule has 0 bridgehead atoms. The maximum Gasteiger partial charge on any atom is 0.247 e. The lowest BCUT2D eigenvalue weighted by molar-refractivity contribution is -0.157. The Bertz CT molecular complexity index is 355. The van der Waals surface area contributed by atoms with Crippen molar-refractivity contribution in [1.29, 1.82) is 0 Å². The number of nitrogens with zero attached hydrogens (tertiary/aromatic N) is 2. The van der Waals surface area contributed by atoms with Crippen molar-refractivity contribution in [3.63, 3.8) is 0 Å². The van der Waals surface area contributed by atoms with Crippen LogP contribution in [0.5, 0.6) is 0 Å². The fraction of sp³-hybridized carbons (Fsp3) is 0.867. The Morgan fingerprint density at radius 1 is 1.35 bits per heavy atom. The van der Waals surface area contributed by atoms with Crippen LogP contribution >= 0.6 is 0 Å². The lowest BCUT2D eigenvalue weighted by Gasteiger charge is -2.44. The molecule has 0 saturated carbocycles. The number of carbonyl (C=O) groups is 2. The number of hydrogen-bond donors (Lipinski definition) is 1. The van der Waals surface area contributed by atoms with Crippen LogP contribution in [0.15, 0.2) is 0 Å². The van der Waals surface area contributed by atoms with Crippen LogP contribution in [0.25, 0.3) is 0 Å². The monoisotopic (exact) mass is 283 g/mol. The first-order valence-corrected chi connectivity index (χ1v) is 7.60. The van der Waals surface area contributed by atoms with Crippen LogP contribution in [0.3, 0.4) is 0 Å². The summed E-state index contributed by atoms with van der Waals surface area (Å²) in [7, 11) is 1.79. The molecule has 1 unspecified atom stereocenters. The first-order valence-electron chi connectivity index (χ1n) is 7.60. The summed E-state index contributed by atoms with van der Waals surface area (Å²) >= 11 is 0. The number of hydrogen-bond acceptors (Lipinski definition) is 3. The highest BCUT2D eigenvalue weighted by atomic mass is 16.2. The zero-order valence-electron chi connectivity index (χ0n) is 13.3. The van der Waals surface area contributed by atoms with E-state index in [9.17, 15) is 9.59 Å². The minimum absolute atomic E-state index is 0.0195. The smallest absolute Gasteiger partial charge is 0.247 e. The molecular formula is C15H29N3O2. The second-order valence-corrected chi connectivity index (χ2v) is 6.22. The standard InChI is InChI=1S/C15H29N3O2/c1-5-12(8-9-16)6-7-13(19)18-11-10-17(4)14(20)15(18,2)3/h12H,5-11,16H2,1-4H3. The van der Waals surface area contributed by atoms with Gasteiger partial charge in [-0.3, -0.25) is 9.59 Å². The first kappa shape index (κ1) is 17.0. The fourth-order valence-electron chi connectivity index (χ4n) is 2.90. The third-order valence-corrected chi connectivity index (χ3v) is 4.42. The average Bonchev–Trinajstić information content (AvgIpc) is 2.40. The summed E-state index contributed by atoms with van der Waals surface area (Å²) in [5, 5.41) is 0. The SMILES string of the molecule is CCC(CCN)CCC(=O)N1CCN(C)C(=O)C1(C)C. The second kappa shape index (κ2) is 7.07. The van der Waals surface area contributed by atoms with Gasteiger partial charge in [-0.25, -0.2) is 0 Å². The molecule has 2 amide bonds. The minimum Gasteiger partial charge on any atom is -0.342 e. The van der Waals surface area contributed by atoms with Gasteiger partial charge in [0.15, 0.2) is 0 Å². The molecular weight excluding hydrogens is 254 g/mol. The van der Waals surface area contributed by atoms with Crippen LogP contribution in [-0.4, -0.2) is 53.8 Å². The van der Waals surface area contributed by atoms with Gasteiger partial charge in [-0.1, -0.05) is 13.3 Å². The molecule has 1 saturated heterocycles. The van der Waals surface area contributed by atoms with Crippen molar-refractivity contribution < 1.29 is 9.59 Å². The van der Waals surface area contributed by atoms with Gasteiger partial charge >= 0.3 is 0 Å². The molecule has 5 heteroatoms. The van der Waals surface area contributed by atoms with E-state index in [2.05, 4.69) is 6.92 Å². The minimum atomic E-state index is -0.723. The predicted molar refractivity (Wildman–Crippen MR) is 80.1 cm³/mol. The molecule has 0 spiro atoms. The highest BCUT2D eigenvalue weighted by molar-refractivity contribution is 5.91. The van der Waals surface area contributed by atoms with Gasteiger partial charge < -0.3 is 15.5 Å². The molecule has 1 fully saturated rings. The van der Waals surface area contributed by atoms with Crippen molar-refractivity contribution in [2.24, 2.45) is 11.7 Å². The third kappa shape index (κ3) is 3.72. The van der Waals surface area contributed by atoms with E-state index < -0.39 is 5.54 Å². The molecule has 0 aromatic rings. The van der Waals surface area contributed by atoms with Crippen LogP contribution < -0.4 is 5.73 Å². The molecule has 0 aromatic heterocycles. The fourth-order valence-corrected chi connectivity index (χ4v) is 2.90. The van der Waals surface area contributed by atoms with E-state index >= 15 is 0 Å². The van der Waals surface area contributed by atoms with Crippen LogP contribution in [0, 0.1) is 5.92 Å². The number of piperazine rings is 1. The third-order valence-electron chi connectivity index (χ3n) is 4.42. The van der Waals surface area contributed by atoms with Gasteiger partial charge in [0, 0.05) is 26.6 Å². The Kier molecular flexibility index (Phi) is 5.99. The molecule has 1 aliphatic rings. The highest BCUT2D eigenvalue weighted by Gasteiger charge is 2.42. The summed E-state index contributed by atoms with van der Waals surface area (Å²) in [6, 6.07) is 0. The van der Waals surface area contributed by atoms with Crippen molar-refractivity contribution in [2.45, 2.75) is 52.0 Å². The summed E-state index contributed by atoms with van der Waals surface area (Å²) in [6.45, 7) is 7.72. The molecule has 1 heterocycles. The first-order chi connectivity index (χ1) is 9.34. The number of likely N-dealkylation sites (N-methyl/N-ethyl adjacent to an activating group) is 1. The number of carbonyl (C=O) groups excluding carboxylic acids is 2. The zero-order chi connectivity index (χ0) is 15.3. The molecule has 0 aliphatic carbocycles. The van der Waals surface area contributed by atoms with Gasteiger partial charge in [0.05, 0.1) is 0 Å². The maximum atomic E-state index is 12.4. The van der Waals surface area contributed by atoms with E-state index in [0.717, 1.165) is 19.3 Å². The summed E-state index contributed by atoms with van der Waals surface area (Å²) in [5.74, 6) is 0.619. The molecule has 116 valence electrons. The maximum absolute atomic E-state index is 12.4. The molecule has 0 aromatic carbocycles. The normalized spacial score (nSPS) is 20.1. The average molecular weight is 283 g/mol. The Hall–Kier alpha value is -1.10. The van der Waals surface area contributed by atoms with Crippen LogP contribution in [0.2, 0.25) is 0 Å². The summed E-state index contributed by atoms with van der Waals surface area (Å²) < 4.78 is 0. The quantitative estimate of drug-likeness (QED) is 0.797. The molecule has 1 aliphatic heterocycles. The van der Waals surface area contributed by atoms with Crippen molar-refractivity contribution in [3.05, 3.63) is 0 Å². The lowest BCUT2D eigenvalue weighted by Crippen LogP contribution is -2.63. The van der Waals surface area contributed by atoms with E-state index in [0.29, 0.717) is 32.0 Å². The molecule has 0 radical (unpaired) electrons. The van der Waals surface area contributed by atoms with Gasteiger partial charge in [0.2, 0.25) is 11.8 Å². The number of rotatable bonds is 6. The van der Waals surface area contributed by atoms with Gasteiger partial charge in [-0.2, -0.15) is 0 Å². The molecule has 1 rings (SSSR count). The Morgan fingerprint density at radius 2 is 2.00 bits per heavy atom. The Morgan fingerprint density at radius 3 is 2.55 bits per heavy atom. The van der Waals surface area contributed by atoms with E-state index in [1.54, 1.807) is 16.8 Å². The summed E-state index contributed by atoms with van der Waals surface area (Å²) in [6.07, 6.45) is 3.40. The van der Waals surface area contributed by atoms with Crippen molar-refractivity contribution in [2.75, 3.05) is 26.7 Å². The van der Waals surface area contributed by atoms with Gasteiger partial charge in [0.25, 0.3) is 0 Å². The molecule has 2 N–H and O–H groups in total. The summed E-state index contributed by atoms with van der Waals surface area (Å²) in [4.78, 5) is 28.0. The van der Waals surface area contributed by atoms with E-state index in [4.69, 9.17) is 5.73 Å². The number of amides is 2. The summed E-state index contributed by atoms with van der Waals surface area (Å²) in [5.41, 5.74) is 4.86.